The fourth-order valence-electron chi connectivity index (χ4n) is 2.92. The maximum absolute atomic E-state index is 12.8. The number of ether oxygens (including phenoxy) is 1. The molecule has 9 heteroatoms. The van der Waals surface area contributed by atoms with E-state index in [2.05, 4.69) is 10.6 Å². The van der Waals surface area contributed by atoms with Crippen LogP contribution in [0.1, 0.15) is 57.9 Å². The van der Waals surface area contributed by atoms with Crippen molar-refractivity contribution in [2.45, 2.75) is 47.2 Å². The molecule has 0 saturated heterocycles. The second-order valence-electron chi connectivity index (χ2n) is 7.12. The van der Waals surface area contributed by atoms with Gasteiger partial charge in [-0.2, -0.15) is 0 Å². The highest BCUT2D eigenvalue weighted by Crippen LogP contribution is 2.33. The molecule has 0 aliphatic carbocycles. The number of hydrogen-bond acceptors (Lipinski definition) is 7. The Morgan fingerprint density at radius 2 is 1.93 bits per heavy atom. The lowest BCUT2D eigenvalue weighted by Crippen LogP contribution is -2.37. The van der Waals surface area contributed by atoms with Gasteiger partial charge in [0, 0.05) is 13.1 Å². The van der Waals surface area contributed by atoms with Gasteiger partial charge in [0.25, 0.3) is 5.91 Å². The van der Waals surface area contributed by atoms with Crippen molar-refractivity contribution in [1.82, 2.24) is 10.2 Å². The van der Waals surface area contributed by atoms with E-state index in [0.29, 0.717) is 22.0 Å². The maximum Gasteiger partial charge on any atom is 0.341 e. The molecule has 0 unspecified atom stereocenters. The summed E-state index contributed by atoms with van der Waals surface area (Å²) in [4.78, 5) is 39.7. The van der Waals surface area contributed by atoms with E-state index in [1.54, 1.807) is 13.8 Å². The van der Waals surface area contributed by atoms with Crippen molar-refractivity contribution in [3.63, 3.8) is 0 Å². The molecule has 8 nitrogen and oxygen atoms in total. The number of amides is 2. The van der Waals surface area contributed by atoms with Crippen LogP contribution in [0.5, 0.6) is 0 Å². The predicted molar refractivity (Wildman–Crippen MR) is 116 cm³/mol. The smallest absolute Gasteiger partial charge is 0.341 e. The molecule has 2 rings (SSSR count). The summed E-state index contributed by atoms with van der Waals surface area (Å²) >= 11 is 1.06. The van der Waals surface area contributed by atoms with Gasteiger partial charge in [-0.1, -0.05) is 0 Å². The molecule has 0 aliphatic rings. The number of aryl methyl sites for hydroxylation is 1. The van der Waals surface area contributed by atoms with Crippen LogP contribution in [0.15, 0.2) is 16.5 Å². The van der Waals surface area contributed by atoms with E-state index in [4.69, 9.17) is 9.15 Å². The number of hydrogen-bond donors (Lipinski definition) is 2. The summed E-state index contributed by atoms with van der Waals surface area (Å²) < 4.78 is 10.7. The van der Waals surface area contributed by atoms with Gasteiger partial charge < -0.3 is 19.8 Å². The van der Waals surface area contributed by atoms with E-state index in [0.717, 1.165) is 22.9 Å². The topological polar surface area (TPSA) is 101 Å². The average Bonchev–Trinajstić information content (AvgIpc) is 3.23. The van der Waals surface area contributed by atoms with E-state index in [1.807, 2.05) is 37.8 Å². The molecule has 0 aromatic carbocycles. The zero-order chi connectivity index (χ0) is 22.4. The summed E-state index contributed by atoms with van der Waals surface area (Å²) in [7, 11) is 1.51. The Labute approximate surface area is 180 Å². The van der Waals surface area contributed by atoms with Gasteiger partial charge >= 0.3 is 5.97 Å². The second kappa shape index (κ2) is 10.4. The van der Waals surface area contributed by atoms with Crippen molar-refractivity contribution in [3.05, 3.63) is 39.7 Å². The number of carbonyl (C=O) groups excluding carboxylic acids is 3. The lowest BCUT2D eigenvalue weighted by Gasteiger charge is -2.24. The zero-order valence-corrected chi connectivity index (χ0v) is 19.1. The van der Waals surface area contributed by atoms with Gasteiger partial charge in [0.1, 0.15) is 16.5 Å². The van der Waals surface area contributed by atoms with Crippen molar-refractivity contribution in [2.24, 2.45) is 0 Å². The minimum atomic E-state index is -0.566. The number of rotatable bonds is 9. The van der Waals surface area contributed by atoms with Crippen molar-refractivity contribution in [1.29, 1.82) is 0 Å². The fourth-order valence-corrected chi connectivity index (χ4v) is 4.08. The summed E-state index contributed by atoms with van der Waals surface area (Å²) in [5.74, 6) is 0.411. The molecule has 0 atom stereocenters. The van der Waals surface area contributed by atoms with E-state index in [9.17, 15) is 14.4 Å². The molecule has 2 N–H and O–H groups in total. The van der Waals surface area contributed by atoms with Crippen LogP contribution in [-0.4, -0.2) is 48.9 Å². The monoisotopic (exact) mass is 435 g/mol. The number of nitrogens with zero attached hydrogens (tertiary/aromatic N) is 1. The van der Waals surface area contributed by atoms with Crippen LogP contribution in [0.25, 0.3) is 0 Å². The number of carbonyl (C=O) groups is 3. The van der Waals surface area contributed by atoms with Gasteiger partial charge in [-0.3, -0.25) is 14.5 Å². The summed E-state index contributed by atoms with van der Waals surface area (Å²) in [6.07, 6.45) is 0. The standard InChI is InChI=1S/C21H29N3O5S/c1-7-28-21(27)17-14(5)18(19(26)22-6)30-20(17)23-16(25)11-24(12(2)3)10-15-9-8-13(4)29-15/h8-9,12H,7,10-11H2,1-6H3,(H,22,26)(H,23,25). The van der Waals surface area contributed by atoms with Crippen LogP contribution in [-0.2, 0) is 16.1 Å². The quantitative estimate of drug-likeness (QED) is 0.586. The first-order chi connectivity index (χ1) is 14.2. The SMILES string of the molecule is CCOC(=O)c1c(NC(=O)CN(Cc2ccc(C)o2)C(C)C)sc(C(=O)NC)c1C. The van der Waals surface area contributed by atoms with Crippen molar-refractivity contribution in [3.8, 4) is 0 Å². The Morgan fingerprint density at radius 3 is 2.47 bits per heavy atom. The van der Waals surface area contributed by atoms with Crippen LogP contribution in [0.4, 0.5) is 5.00 Å². The van der Waals surface area contributed by atoms with Crippen LogP contribution < -0.4 is 10.6 Å². The molecule has 0 radical (unpaired) electrons. The van der Waals surface area contributed by atoms with Gasteiger partial charge in [0.15, 0.2) is 0 Å². The van der Waals surface area contributed by atoms with Crippen molar-refractivity contribution < 1.29 is 23.5 Å². The largest absolute Gasteiger partial charge is 0.465 e. The lowest BCUT2D eigenvalue weighted by molar-refractivity contribution is -0.117. The summed E-state index contributed by atoms with van der Waals surface area (Å²) in [5.41, 5.74) is 0.700. The van der Waals surface area contributed by atoms with Crippen LogP contribution in [0, 0.1) is 13.8 Å². The lowest BCUT2D eigenvalue weighted by atomic mass is 10.1. The highest BCUT2D eigenvalue weighted by Gasteiger charge is 2.27. The van der Waals surface area contributed by atoms with Gasteiger partial charge in [-0.15, -0.1) is 11.3 Å². The Hall–Kier alpha value is -2.65. The summed E-state index contributed by atoms with van der Waals surface area (Å²) in [5, 5.41) is 5.66. The first-order valence-electron chi connectivity index (χ1n) is 9.79. The molecule has 2 amide bonds. The first kappa shape index (κ1) is 23.6. The van der Waals surface area contributed by atoms with Gasteiger partial charge in [-0.05, 0) is 52.3 Å². The molecule has 164 valence electrons. The van der Waals surface area contributed by atoms with Crippen molar-refractivity contribution >= 4 is 34.1 Å². The second-order valence-corrected chi connectivity index (χ2v) is 8.14. The molecule has 0 aliphatic heterocycles. The van der Waals surface area contributed by atoms with E-state index in [-0.39, 0.29) is 36.6 Å². The minimum absolute atomic E-state index is 0.0946. The number of anilines is 1. The molecule has 0 spiro atoms. The van der Waals surface area contributed by atoms with Crippen molar-refractivity contribution in [2.75, 3.05) is 25.5 Å². The highest BCUT2D eigenvalue weighted by atomic mass is 32.1. The zero-order valence-electron chi connectivity index (χ0n) is 18.3. The number of esters is 1. The highest BCUT2D eigenvalue weighted by molar-refractivity contribution is 7.18. The predicted octanol–water partition coefficient (Wildman–Crippen LogP) is 3.34. The molecule has 30 heavy (non-hydrogen) atoms. The Kier molecular flexibility index (Phi) is 8.19. The third kappa shape index (κ3) is 5.70. The molecular weight excluding hydrogens is 406 g/mol. The maximum atomic E-state index is 12.8. The molecule has 2 aromatic heterocycles. The average molecular weight is 436 g/mol. The van der Waals surface area contributed by atoms with E-state index in [1.165, 1.54) is 7.05 Å². The molecule has 2 heterocycles. The fraction of sp³-hybridized carbons (Fsp3) is 0.476. The normalized spacial score (nSPS) is 11.1. The van der Waals surface area contributed by atoms with E-state index >= 15 is 0 Å². The number of furan rings is 1. The van der Waals surface area contributed by atoms with Crippen LogP contribution >= 0.6 is 11.3 Å². The number of thiophene rings is 1. The molecular formula is C21H29N3O5S. The Balaban J connectivity index is 2.23. The molecule has 0 fully saturated rings. The first-order valence-corrected chi connectivity index (χ1v) is 10.6. The number of nitrogens with one attached hydrogen (secondary N) is 2. The summed E-state index contributed by atoms with van der Waals surface area (Å²) in [6, 6.07) is 3.87. The molecule has 0 bridgehead atoms. The minimum Gasteiger partial charge on any atom is -0.465 e. The van der Waals surface area contributed by atoms with Crippen LogP contribution in [0.2, 0.25) is 0 Å². The third-order valence-corrected chi connectivity index (χ3v) is 5.75. The van der Waals surface area contributed by atoms with Gasteiger partial charge in [-0.25, -0.2) is 4.79 Å². The van der Waals surface area contributed by atoms with Gasteiger partial charge in [0.2, 0.25) is 5.91 Å². The van der Waals surface area contributed by atoms with Crippen LogP contribution in [0.3, 0.4) is 0 Å². The summed E-state index contributed by atoms with van der Waals surface area (Å²) in [6.45, 7) is 10.0. The Morgan fingerprint density at radius 1 is 1.23 bits per heavy atom. The van der Waals surface area contributed by atoms with Gasteiger partial charge in [0.05, 0.1) is 30.1 Å². The Bertz CT molecular complexity index is 916. The third-order valence-electron chi connectivity index (χ3n) is 4.54. The van der Waals surface area contributed by atoms with E-state index < -0.39 is 5.97 Å². The molecule has 0 saturated carbocycles. The molecule has 2 aromatic rings.